The van der Waals surface area contributed by atoms with E-state index in [-0.39, 0.29) is 11.2 Å². The Balaban J connectivity index is 2.59. The van der Waals surface area contributed by atoms with Gasteiger partial charge in [-0.2, -0.15) is 0 Å². The van der Waals surface area contributed by atoms with Gasteiger partial charge in [0.15, 0.2) is 0 Å². The van der Waals surface area contributed by atoms with Crippen molar-refractivity contribution in [1.29, 1.82) is 0 Å². The molecule has 18 heavy (non-hydrogen) atoms. The molecule has 0 saturated heterocycles. The van der Waals surface area contributed by atoms with Crippen LogP contribution >= 0.6 is 0 Å². The maximum atomic E-state index is 13.4. The lowest BCUT2D eigenvalue weighted by Crippen LogP contribution is -2.36. The number of carboxylic acid groups (broad SMARTS) is 1. The molecule has 0 aliphatic heterocycles. The summed E-state index contributed by atoms with van der Waals surface area (Å²) in [6.07, 6.45) is 0. The van der Waals surface area contributed by atoms with Crippen molar-refractivity contribution in [2.45, 2.75) is 26.0 Å². The van der Waals surface area contributed by atoms with Gasteiger partial charge < -0.3 is 15.2 Å². The third-order valence-electron chi connectivity index (χ3n) is 2.70. The second kappa shape index (κ2) is 5.93. The monoisotopic (exact) mass is 255 g/mol. The zero-order valence-corrected chi connectivity index (χ0v) is 10.8. The fraction of sp³-hybridized carbons (Fsp3) is 0.462. The van der Waals surface area contributed by atoms with Crippen LogP contribution in [0.5, 0.6) is 0 Å². The number of nitrogens with one attached hydrogen (secondary N) is 1. The predicted molar refractivity (Wildman–Crippen MR) is 66.2 cm³/mol. The van der Waals surface area contributed by atoms with Crippen LogP contribution in [0.4, 0.5) is 4.39 Å². The lowest BCUT2D eigenvalue weighted by atomic mass is 10.1. The first-order valence-corrected chi connectivity index (χ1v) is 5.63. The molecule has 0 amide bonds. The van der Waals surface area contributed by atoms with E-state index in [1.54, 1.807) is 13.2 Å². The molecule has 0 aromatic heterocycles. The highest BCUT2D eigenvalue weighted by molar-refractivity contribution is 5.87. The van der Waals surface area contributed by atoms with Crippen molar-refractivity contribution in [2.24, 2.45) is 0 Å². The van der Waals surface area contributed by atoms with Crippen molar-refractivity contribution in [3.63, 3.8) is 0 Å². The predicted octanol–water partition coefficient (Wildman–Crippen LogP) is 2.04. The lowest BCUT2D eigenvalue weighted by Gasteiger charge is -2.23. The minimum atomic E-state index is -1.26. The largest absolute Gasteiger partial charge is 0.478 e. The molecule has 1 aromatic carbocycles. The number of ether oxygens (including phenoxy) is 1. The number of benzene rings is 1. The van der Waals surface area contributed by atoms with Gasteiger partial charge in [0, 0.05) is 20.2 Å². The van der Waals surface area contributed by atoms with Crippen LogP contribution in [0.25, 0.3) is 0 Å². The molecule has 0 bridgehead atoms. The molecule has 0 aliphatic carbocycles. The van der Waals surface area contributed by atoms with Gasteiger partial charge in [0.05, 0.1) is 11.2 Å². The van der Waals surface area contributed by atoms with Crippen molar-refractivity contribution in [3.8, 4) is 0 Å². The van der Waals surface area contributed by atoms with Gasteiger partial charge in [-0.15, -0.1) is 0 Å². The summed E-state index contributed by atoms with van der Waals surface area (Å²) in [5.74, 6) is -1.97. The molecule has 0 aliphatic rings. The molecule has 4 nitrogen and oxygen atoms in total. The molecule has 0 heterocycles. The Morgan fingerprint density at radius 3 is 2.67 bits per heavy atom. The van der Waals surface area contributed by atoms with Gasteiger partial charge in [0.1, 0.15) is 5.82 Å². The highest BCUT2D eigenvalue weighted by atomic mass is 19.1. The minimum absolute atomic E-state index is 0.292. The van der Waals surface area contributed by atoms with E-state index < -0.39 is 11.8 Å². The molecule has 2 N–H and O–H groups in total. The van der Waals surface area contributed by atoms with Crippen LogP contribution in [0.1, 0.15) is 29.8 Å². The van der Waals surface area contributed by atoms with Crippen molar-refractivity contribution >= 4 is 5.97 Å². The first-order chi connectivity index (χ1) is 8.35. The first kappa shape index (κ1) is 14.6. The van der Waals surface area contributed by atoms with Crippen LogP contribution in [-0.4, -0.2) is 30.3 Å². The number of carboxylic acids is 1. The van der Waals surface area contributed by atoms with E-state index in [0.717, 1.165) is 0 Å². The van der Waals surface area contributed by atoms with Gasteiger partial charge in [0.25, 0.3) is 0 Å². The molecule has 0 spiro atoms. The number of hydrogen-bond donors (Lipinski definition) is 2. The van der Waals surface area contributed by atoms with Gasteiger partial charge in [-0.25, -0.2) is 9.18 Å². The fourth-order valence-electron chi connectivity index (χ4n) is 1.42. The topological polar surface area (TPSA) is 58.6 Å². The quantitative estimate of drug-likeness (QED) is 0.816. The summed E-state index contributed by atoms with van der Waals surface area (Å²) in [5.41, 5.74) is 0.0971. The molecule has 1 rings (SSSR count). The van der Waals surface area contributed by atoms with Crippen molar-refractivity contribution < 1.29 is 19.0 Å². The van der Waals surface area contributed by atoms with Gasteiger partial charge in [-0.05, 0) is 31.5 Å². The summed E-state index contributed by atoms with van der Waals surface area (Å²) < 4.78 is 18.6. The van der Waals surface area contributed by atoms with Gasteiger partial charge in [-0.1, -0.05) is 6.07 Å². The SMILES string of the molecule is COC(C)(C)CNCc1ccc(C(=O)O)c(F)c1. The Morgan fingerprint density at radius 1 is 1.50 bits per heavy atom. The average Bonchev–Trinajstić information content (AvgIpc) is 2.28. The second-order valence-electron chi connectivity index (χ2n) is 4.69. The smallest absolute Gasteiger partial charge is 0.338 e. The van der Waals surface area contributed by atoms with Crippen LogP contribution in [-0.2, 0) is 11.3 Å². The average molecular weight is 255 g/mol. The summed E-state index contributed by atoms with van der Waals surface area (Å²) in [7, 11) is 1.63. The van der Waals surface area contributed by atoms with Crippen molar-refractivity contribution in [2.75, 3.05) is 13.7 Å². The molecule has 0 atom stereocenters. The third-order valence-corrected chi connectivity index (χ3v) is 2.70. The molecular formula is C13H18FNO3. The Labute approximate surface area is 106 Å². The van der Waals surface area contributed by atoms with E-state index in [2.05, 4.69) is 5.32 Å². The lowest BCUT2D eigenvalue weighted by molar-refractivity contribution is 0.0230. The molecule has 0 radical (unpaired) electrons. The summed E-state index contributed by atoms with van der Waals surface area (Å²) >= 11 is 0. The van der Waals surface area contributed by atoms with Gasteiger partial charge in [-0.3, -0.25) is 0 Å². The van der Waals surface area contributed by atoms with Crippen LogP contribution < -0.4 is 5.32 Å². The zero-order chi connectivity index (χ0) is 13.8. The van der Waals surface area contributed by atoms with Gasteiger partial charge >= 0.3 is 5.97 Å². The fourth-order valence-corrected chi connectivity index (χ4v) is 1.42. The molecule has 5 heteroatoms. The van der Waals surface area contributed by atoms with E-state index in [1.807, 2.05) is 13.8 Å². The number of carbonyl (C=O) groups is 1. The number of methoxy groups -OCH3 is 1. The van der Waals surface area contributed by atoms with E-state index in [9.17, 15) is 9.18 Å². The molecule has 0 saturated carbocycles. The minimum Gasteiger partial charge on any atom is -0.478 e. The summed E-state index contributed by atoms with van der Waals surface area (Å²) in [5, 5.41) is 11.8. The van der Waals surface area contributed by atoms with Crippen LogP contribution in [0.2, 0.25) is 0 Å². The van der Waals surface area contributed by atoms with Crippen molar-refractivity contribution in [3.05, 3.63) is 35.1 Å². The normalized spacial score (nSPS) is 11.6. The number of aromatic carboxylic acids is 1. The Morgan fingerprint density at radius 2 is 2.17 bits per heavy atom. The van der Waals surface area contributed by atoms with E-state index >= 15 is 0 Å². The van der Waals surface area contributed by atoms with Crippen molar-refractivity contribution in [1.82, 2.24) is 5.32 Å². The second-order valence-corrected chi connectivity index (χ2v) is 4.69. The Hall–Kier alpha value is -1.46. The molecule has 1 aromatic rings. The molecule has 0 unspecified atom stereocenters. The zero-order valence-electron chi connectivity index (χ0n) is 10.8. The highest BCUT2D eigenvalue weighted by Gasteiger charge is 2.15. The van der Waals surface area contributed by atoms with E-state index in [4.69, 9.17) is 9.84 Å². The number of halogens is 1. The summed E-state index contributed by atoms with van der Waals surface area (Å²) in [6, 6.07) is 4.10. The van der Waals surface area contributed by atoms with Crippen LogP contribution in [0.3, 0.4) is 0 Å². The summed E-state index contributed by atoms with van der Waals surface area (Å²) in [4.78, 5) is 10.6. The maximum absolute atomic E-state index is 13.4. The van der Waals surface area contributed by atoms with Gasteiger partial charge in [0.2, 0.25) is 0 Å². The molecular weight excluding hydrogens is 237 g/mol. The van der Waals surface area contributed by atoms with Crippen LogP contribution in [0.15, 0.2) is 18.2 Å². The molecule has 0 fully saturated rings. The van der Waals surface area contributed by atoms with Crippen LogP contribution in [0, 0.1) is 5.82 Å². The maximum Gasteiger partial charge on any atom is 0.338 e. The number of hydrogen-bond acceptors (Lipinski definition) is 3. The summed E-state index contributed by atoms with van der Waals surface area (Å²) in [6.45, 7) is 4.96. The third kappa shape index (κ3) is 4.09. The highest BCUT2D eigenvalue weighted by Crippen LogP contribution is 2.11. The van der Waals surface area contributed by atoms with E-state index in [0.29, 0.717) is 18.7 Å². The Kier molecular flexibility index (Phi) is 4.81. The van der Waals surface area contributed by atoms with E-state index in [1.165, 1.54) is 12.1 Å². The first-order valence-electron chi connectivity index (χ1n) is 5.63. The standard InChI is InChI=1S/C13H18FNO3/c1-13(2,18-3)8-15-7-9-4-5-10(12(16)17)11(14)6-9/h4-6,15H,7-8H2,1-3H3,(H,16,17). The number of rotatable bonds is 6. The Bertz CT molecular complexity index is 432. The molecule has 100 valence electrons.